The molecular formula is C14H24N2OS. The molecule has 1 atom stereocenters. The Balaban J connectivity index is 1.65. The van der Waals surface area contributed by atoms with Gasteiger partial charge in [-0.2, -0.15) is 0 Å². The fourth-order valence-corrected chi connectivity index (χ4v) is 2.94. The van der Waals surface area contributed by atoms with E-state index in [1.165, 1.54) is 4.88 Å². The Labute approximate surface area is 114 Å². The Hall–Kier alpha value is -0.420. The van der Waals surface area contributed by atoms with Crippen LogP contribution in [-0.2, 0) is 11.2 Å². The van der Waals surface area contributed by atoms with E-state index in [4.69, 9.17) is 4.74 Å². The van der Waals surface area contributed by atoms with Gasteiger partial charge in [-0.15, -0.1) is 11.3 Å². The maximum Gasteiger partial charge on any atom is 0.0902 e. The van der Waals surface area contributed by atoms with Crippen LogP contribution >= 0.6 is 11.3 Å². The molecule has 0 radical (unpaired) electrons. The van der Waals surface area contributed by atoms with Crippen LogP contribution in [-0.4, -0.2) is 49.8 Å². The van der Waals surface area contributed by atoms with Crippen LogP contribution in [0.25, 0.3) is 0 Å². The average Bonchev–Trinajstić information content (AvgIpc) is 2.79. The third-order valence-corrected chi connectivity index (χ3v) is 4.62. The van der Waals surface area contributed by atoms with Gasteiger partial charge in [0.25, 0.3) is 0 Å². The minimum absolute atomic E-state index is 0.0812. The molecule has 1 aromatic heterocycles. The fraction of sp³-hybridized carbons (Fsp3) is 0.714. The van der Waals surface area contributed by atoms with Gasteiger partial charge in [0.2, 0.25) is 0 Å². The van der Waals surface area contributed by atoms with Crippen LogP contribution in [0.4, 0.5) is 0 Å². The van der Waals surface area contributed by atoms with Crippen molar-refractivity contribution < 1.29 is 4.74 Å². The summed E-state index contributed by atoms with van der Waals surface area (Å²) in [5.74, 6) is 0. The zero-order chi connectivity index (χ0) is 13.0. The quantitative estimate of drug-likeness (QED) is 0.818. The van der Waals surface area contributed by atoms with Crippen LogP contribution in [0.15, 0.2) is 17.5 Å². The normalized spacial score (nSPS) is 19.8. The molecule has 0 bridgehead atoms. The van der Waals surface area contributed by atoms with Crippen molar-refractivity contribution in [3.05, 3.63) is 22.4 Å². The van der Waals surface area contributed by atoms with Gasteiger partial charge < -0.3 is 15.0 Å². The predicted octanol–water partition coefficient (Wildman–Crippen LogP) is 1.99. The second kappa shape index (κ2) is 6.15. The van der Waals surface area contributed by atoms with Crippen LogP contribution in [0.1, 0.15) is 18.7 Å². The molecular weight excluding hydrogens is 244 g/mol. The number of rotatable bonds is 7. The molecule has 3 nitrogen and oxygen atoms in total. The number of nitrogens with zero attached hydrogens (tertiary/aromatic N) is 1. The molecule has 1 aliphatic heterocycles. The molecule has 0 saturated carbocycles. The molecule has 1 saturated heterocycles. The van der Waals surface area contributed by atoms with Gasteiger partial charge in [-0.1, -0.05) is 6.07 Å². The first-order chi connectivity index (χ1) is 8.59. The monoisotopic (exact) mass is 268 g/mol. The molecule has 0 amide bonds. The Morgan fingerprint density at radius 2 is 2.33 bits per heavy atom. The maximum atomic E-state index is 5.92. The summed E-state index contributed by atoms with van der Waals surface area (Å²) in [6.45, 7) is 8.26. The molecule has 0 spiro atoms. The van der Waals surface area contributed by atoms with E-state index in [1.807, 2.05) is 11.3 Å². The summed E-state index contributed by atoms with van der Waals surface area (Å²) in [7, 11) is 2.18. The van der Waals surface area contributed by atoms with Crippen molar-refractivity contribution in [1.82, 2.24) is 10.2 Å². The van der Waals surface area contributed by atoms with E-state index in [-0.39, 0.29) is 5.60 Å². The minimum atomic E-state index is 0.0812. The second-order valence-electron chi connectivity index (χ2n) is 5.52. The number of ether oxygens (including phenoxy) is 1. The van der Waals surface area contributed by atoms with E-state index in [0.29, 0.717) is 6.04 Å². The number of nitrogens with one attached hydrogen (secondary N) is 1. The molecule has 1 unspecified atom stereocenters. The van der Waals surface area contributed by atoms with Crippen LogP contribution in [0, 0.1) is 0 Å². The number of hydrogen-bond donors (Lipinski definition) is 1. The molecule has 102 valence electrons. The fourth-order valence-electron chi connectivity index (χ4n) is 2.11. The van der Waals surface area contributed by atoms with Gasteiger partial charge in [0.05, 0.1) is 12.2 Å². The summed E-state index contributed by atoms with van der Waals surface area (Å²) in [4.78, 5) is 3.85. The zero-order valence-corrected chi connectivity index (χ0v) is 12.4. The predicted molar refractivity (Wildman–Crippen MR) is 77.3 cm³/mol. The van der Waals surface area contributed by atoms with Crippen molar-refractivity contribution in [1.29, 1.82) is 0 Å². The van der Waals surface area contributed by atoms with E-state index in [2.05, 4.69) is 48.6 Å². The van der Waals surface area contributed by atoms with Gasteiger partial charge in [0.15, 0.2) is 0 Å². The summed E-state index contributed by atoms with van der Waals surface area (Å²) >= 11 is 1.84. The highest BCUT2D eigenvalue weighted by Crippen LogP contribution is 2.16. The Bertz CT molecular complexity index is 349. The lowest BCUT2D eigenvalue weighted by molar-refractivity contribution is -0.0724. The van der Waals surface area contributed by atoms with Crippen LogP contribution in [0.5, 0.6) is 0 Å². The van der Waals surface area contributed by atoms with Gasteiger partial charge in [-0.05, 0) is 38.8 Å². The lowest BCUT2D eigenvalue weighted by Crippen LogP contribution is -2.59. The summed E-state index contributed by atoms with van der Waals surface area (Å²) in [6, 6.07) is 4.91. The lowest BCUT2D eigenvalue weighted by atomic mass is 10.0. The number of likely N-dealkylation sites (N-methyl/N-ethyl adjacent to an activating group) is 1. The summed E-state index contributed by atoms with van der Waals surface area (Å²) in [6.07, 6.45) is 1.13. The molecule has 4 heteroatoms. The van der Waals surface area contributed by atoms with E-state index in [1.54, 1.807) is 0 Å². The van der Waals surface area contributed by atoms with Gasteiger partial charge in [0, 0.05) is 30.6 Å². The highest BCUT2D eigenvalue weighted by molar-refractivity contribution is 7.09. The largest absolute Gasteiger partial charge is 0.371 e. The minimum Gasteiger partial charge on any atom is -0.371 e. The third kappa shape index (κ3) is 3.79. The highest BCUT2D eigenvalue weighted by atomic mass is 32.1. The number of thiophene rings is 1. The molecule has 1 fully saturated rings. The molecule has 0 aliphatic carbocycles. The smallest absolute Gasteiger partial charge is 0.0902 e. The van der Waals surface area contributed by atoms with Crippen molar-refractivity contribution in [2.75, 3.05) is 33.3 Å². The molecule has 2 heterocycles. The molecule has 1 aromatic rings. The van der Waals surface area contributed by atoms with Crippen molar-refractivity contribution in [2.24, 2.45) is 0 Å². The van der Waals surface area contributed by atoms with Crippen molar-refractivity contribution in [3.63, 3.8) is 0 Å². The van der Waals surface area contributed by atoms with Gasteiger partial charge in [-0.3, -0.25) is 0 Å². The van der Waals surface area contributed by atoms with E-state index >= 15 is 0 Å². The van der Waals surface area contributed by atoms with E-state index in [0.717, 1.165) is 32.7 Å². The Kier molecular flexibility index (Phi) is 4.78. The second-order valence-corrected chi connectivity index (χ2v) is 6.55. The molecule has 0 aromatic carbocycles. The lowest BCUT2D eigenvalue weighted by Gasteiger charge is -2.39. The van der Waals surface area contributed by atoms with Crippen LogP contribution < -0.4 is 5.32 Å². The maximum absolute atomic E-state index is 5.92. The summed E-state index contributed by atoms with van der Waals surface area (Å²) in [5.41, 5.74) is 0.0812. The topological polar surface area (TPSA) is 24.5 Å². The molecule has 1 aliphatic rings. The standard InChI is InChI=1S/C14H24N2OS/c1-12(9-13-5-4-8-18-13)16(3)6-7-17-14(2)10-15-11-14/h4-5,8,12,15H,6-7,9-11H2,1-3H3. The van der Waals surface area contributed by atoms with E-state index in [9.17, 15) is 0 Å². The molecule has 1 N–H and O–H groups in total. The third-order valence-electron chi connectivity index (χ3n) is 3.72. The molecule has 18 heavy (non-hydrogen) atoms. The van der Waals surface area contributed by atoms with Crippen molar-refractivity contribution >= 4 is 11.3 Å². The van der Waals surface area contributed by atoms with Gasteiger partial charge >= 0.3 is 0 Å². The van der Waals surface area contributed by atoms with Gasteiger partial charge in [-0.25, -0.2) is 0 Å². The van der Waals surface area contributed by atoms with Crippen LogP contribution in [0.2, 0.25) is 0 Å². The Morgan fingerprint density at radius 3 is 2.89 bits per heavy atom. The summed E-state index contributed by atoms with van der Waals surface area (Å²) < 4.78 is 5.92. The number of hydrogen-bond acceptors (Lipinski definition) is 4. The van der Waals surface area contributed by atoms with Crippen LogP contribution in [0.3, 0.4) is 0 Å². The van der Waals surface area contributed by atoms with Crippen molar-refractivity contribution in [2.45, 2.75) is 31.9 Å². The first-order valence-electron chi connectivity index (χ1n) is 6.66. The first kappa shape index (κ1) is 14.0. The SMILES string of the molecule is CC(Cc1cccs1)N(C)CCOC1(C)CNC1. The molecule has 2 rings (SSSR count). The van der Waals surface area contributed by atoms with Crippen molar-refractivity contribution in [3.8, 4) is 0 Å². The highest BCUT2D eigenvalue weighted by Gasteiger charge is 2.32. The first-order valence-corrected chi connectivity index (χ1v) is 7.54. The Morgan fingerprint density at radius 1 is 1.56 bits per heavy atom. The van der Waals surface area contributed by atoms with Gasteiger partial charge in [0.1, 0.15) is 0 Å². The van der Waals surface area contributed by atoms with E-state index < -0.39 is 0 Å². The summed E-state index contributed by atoms with van der Waals surface area (Å²) in [5, 5.41) is 5.40. The average molecular weight is 268 g/mol. The zero-order valence-electron chi connectivity index (χ0n) is 11.6.